The number of para-hydroxylation sites is 1. The van der Waals surface area contributed by atoms with E-state index in [0.29, 0.717) is 5.69 Å². The Balaban J connectivity index is 1.74. The number of benzene rings is 2. The molecule has 2 aromatic rings. The van der Waals surface area contributed by atoms with Crippen LogP contribution < -0.4 is 10.0 Å². The first-order valence-electron chi connectivity index (χ1n) is 8.77. The first kappa shape index (κ1) is 19.7. The zero-order valence-corrected chi connectivity index (χ0v) is 16.2. The highest BCUT2D eigenvalue weighted by atomic mass is 32.2. The maximum atomic E-state index is 12.6. The number of likely N-dealkylation sites (tertiary alicyclic amines) is 1. The van der Waals surface area contributed by atoms with Crippen molar-refractivity contribution in [3.8, 4) is 0 Å². The van der Waals surface area contributed by atoms with Crippen molar-refractivity contribution in [2.24, 2.45) is 0 Å². The van der Waals surface area contributed by atoms with Gasteiger partial charge in [0.05, 0.1) is 23.3 Å². The molecule has 0 unspecified atom stereocenters. The van der Waals surface area contributed by atoms with Crippen LogP contribution >= 0.6 is 0 Å². The number of hydrogen-bond donors (Lipinski definition) is 2. The van der Waals surface area contributed by atoms with Crippen molar-refractivity contribution in [3.05, 3.63) is 54.1 Å². The Hall–Kier alpha value is -3.07. The van der Waals surface area contributed by atoms with Crippen molar-refractivity contribution in [1.82, 2.24) is 4.90 Å². The number of carbonyl (C=O) groups excluding carboxylic acids is 2. The number of esters is 1. The van der Waals surface area contributed by atoms with Crippen molar-refractivity contribution >= 4 is 33.4 Å². The molecule has 2 N–H and O–H groups in total. The molecule has 148 valence electrons. The molecule has 1 aliphatic heterocycles. The van der Waals surface area contributed by atoms with Gasteiger partial charge in [0.25, 0.3) is 10.0 Å². The summed E-state index contributed by atoms with van der Waals surface area (Å²) in [5.41, 5.74) is 0.745. The Morgan fingerprint density at radius 2 is 1.64 bits per heavy atom. The van der Waals surface area contributed by atoms with Gasteiger partial charge in [-0.1, -0.05) is 12.1 Å². The van der Waals surface area contributed by atoms with Gasteiger partial charge in [-0.05, 0) is 49.2 Å². The second kappa shape index (κ2) is 8.30. The highest BCUT2D eigenvalue weighted by Gasteiger charge is 2.20. The minimum atomic E-state index is -3.92. The molecule has 1 saturated heterocycles. The number of nitrogens with zero attached hydrogens (tertiary/aromatic N) is 1. The van der Waals surface area contributed by atoms with Crippen LogP contribution in [0, 0.1) is 0 Å². The topological polar surface area (TPSA) is 105 Å². The van der Waals surface area contributed by atoms with Crippen LogP contribution in [-0.4, -0.2) is 45.5 Å². The molecule has 0 atom stereocenters. The molecule has 1 aliphatic rings. The SMILES string of the molecule is COC(=O)c1ccccc1NS(=O)(=O)c1ccc(NC(=O)N2CCCC2)cc1. The van der Waals surface area contributed by atoms with Gasteiger partial charge in [0.2, 0.25) is 0 Å². The molecule has 0 bridgehead atoms. The van der Waals surface area contributed by atoms with E-state index >= 15 is 0 Å². The summed E-state index contributed by atoms with van der Waals surface area (Å²) in [5.74, 6) is -0.640. The van der Waals surface area contributed by atoms with Crippen LogP contribution in [0.3, 0.4) is 0 Å². The fourth-order valence-corrected chi connectivity index (χ4v) is 3.98. The van der Waals surface area contributed by atoms with Gasteiger partial charge in [0.15, 0.2) is 0 Å². The maximum Gasteiger partial charge on any atom is 0.339 e. The van der Waals surface area contributed by atoms with E-state index in [4.69, 9.17) is 0 Å². The molecule has 9 heteroatoms. The van der Waals surface area contributed by atoms with Crippen LogP contribution in [0.1, 0.15) is 23.2 Å². The second-order valence-electron chi connectivity index (χ2n) is 6.29. The molecule has 0 aromatic heterocycles. The van der Waals surface area contributed by atoms with Crippen LogP contribution in [0.15, 0.2) is 53.4 Å². The van der Waals surface area contributed by atoms with E-state index in [0.717, 1.165) is 25.9 Å². The van der Waals surface area contributed by atoms with Gasteiger partial charge in [0, 0.05) is 18.8 Å². The molecule has 1 fully saturated rings. The van der Waals surface area contributed by atoms with E-state index in [9.17, 15) is 18.0 Å². The molecule has 0 radical (unpaired) electrons. The third kappa shape index (κ3) is 4.42. The number of nitrogens with one attached hydrogen (secondary N) is 2. The highest BCUT2D eigenvalue weighted by molar-refractivity contribution is 7.92. The largest absolute Gasteiger partial charge is 0.465 e. The lowest BCUT2D eigenvalue weighted by molar-refractivity contribution is 0.0602. The van der Waals surface area contributed by atoms with Gasteiger partial charge in [-0.2, -0.15) is 0 Å². The molecule has 8 nitrogen and oxygen atoms in total. The van der Waals surface area contributed by atoms with Gasteiger partial charge in [0.1, 0.15) is 0 Å². The summed E-state index contributed by atoms with van der Waals surface area (Å²) in [6, 6.07) is 11.8. The predicted molar refractivity (Wildman–Crippen MR) is 105 cm³/mol. The molecule has 0 aliphatic carbocycles. The summed E-state index contributed by atoms with van der Waals surface area (Å²) < 4.78 is 32.4. The third-order valence-corrected chi connectivity index (χ3v) is 5.77. The van der Waals surface area contributed by atoms with Crippen molar-refractivity contribution < 1.29 is 22.7 Å². The van der Waals surface area contributed by atoms with E-state index in [2.05, 4.69) is 14.8 Å². The summed E-state index contributed by atoms with van der Waals surface area (Å²) in [4.78, 5) is 25.6. The average Bonchev–Trinajstić information content (AvgIpc) is 3.23. The number of methoxy groups -OCH3 is 1. The second-order valence-corrected chi connectivity index (χ2v) is 7.97. The van der Waals surface area contributed by atoms with Gasteiger partial charge >= 0.3 is 12.0 Å². The van der Waals surface area contributed by atoms with Gasteiger partial charge in [-0.15, -0.1) is 0 Å². The lowest BCUT2D eigenvalue weighted by Gasteiger charge is -2.16. The Bertz CT molecular complexity index is 967. The van der Waals surface area contributed by atoms with Crippen molar-refractivity contribution in [1.29, 1.82) is 0 Å². The normalized spacial score (nSPS) is 13.8. The summed E-state index contributed by atoms with van der Waals surface area (Å²) >= 11 is 0. The third-order valence-electron chi connectivity index (χ3n) is 4.39. The number of sulfonamides is 1. The minimum Gasteiger partial charge on any atom is -0.465 e. The zero-order chi connectivity index (χ0) is 20.1. The number of amides is 2. The predicted octanol–water partition coefficient (Wildman–Crippen LogP) is 2.90. The van der Waals surface area contributed by atoms with E-state index in [1.807, 2.05) is 0 Å². The summed E-state index contributed by atoms with van der Waals surface area (Å²) in [6.07, 6.45) is 1.98. The Labute approximate surface area is 163 Å². The Kier molecular flexibility index (Phi) is 5.84. The Morgan fingerprint density at radius 3 is 2.29 bits per heavy atom. The van der Waals surface area contributed by atoms with Crippen LogP contribution in [0.2, 0.25) is 0 Å². The molecular formula is C19H21N3O5S. The summed E-state index contributed by atoms with van der Waals surface area (Å²) in [7, 11) is -2.69. The number of rotatable bonds is 5. The molecule has 0 spiro atoms. The zero-order valence-electron chi connectivity index (χ0n) is 15.3. The molecule has 3 rings (SSSR count). The average molecular weight is 403 g/mol. The fraction of sp³-hybridized carbons (Fsp3) is 0.263. The Morgan fingerprint density at radius 1 is 1.00 bits per heavy atom. The number of ether oxygens (including phenoxy) is 1. The van der Waals surface area contributed by atoms with E-state index < -0.39 is 16.0 Å². The summed E-state index contributed by atoms with van der Waals surface area (Å²) in [6.45, 7) is 1.45. The fourth-order valence-electron chi connectivity index (χ4n) is 2.90. The molecule has 2 aromatic carbocycles. The first-order valence-corrected chi connectivity index (χ1v) is 10.3. The number of urea groups is 1. The first-order chi connectivity index (χ1) is 13.4. The smallest absolute Gasteiger partial charge is 0.339 e. The monoisotopic (exact) mass is 403 g/mol. The highest BCUT2D eigenvalue weighted by Crippen LogP contribution is 2.22. The van der Waals surface area contributed by atoms with Crippen molar-refractivity contribution in [2.75, 3.05) is 30.2 Å². The minimum absolute atomic E-state index is 0.00587. The van der Waals surface area contributed by atoms with E-state index in [-0.39, 0.29) is 22.2 Å². The number of anilines is 2. The van der Waals surface area contributed by atoms with Gasteiger partial charge in [-0.3, -0.25) is 4.72 Å². The standard InChI is InChI=1S/C19H21N3O5S/c1-27-18(23)16-6-2-3-7-17(16)21-28(25,26)15-10-8-14(9-11-15)20-19(24)22-12-4-5-13-22/h2-3,6-11,21H,4-5,12-13H2,1H3,(H,20,24). The van der Waals surface area contributed by atoms with Crippen LogP contribution in [-0.2, 0) is 14.8 Å². The molecule has 0 saturated carbocycles. The quantitative estimate of drug-likeness (QED) is 0.747. The molecule has 1 heterocycles. The van der Waals surface area contributed by atoms with Gasteiger partial charge in [-0.25, -0.2) is 18.0 Å². The molecular weight excluding hydrogens is 382 g/mol. The van der Waals surface area contributed by atoms with Crippen molar-refractivity contribution in [3.63, 3.8) is 0 Å². The van der Waals surface area contributed by atoms with Crippen LogP contribution in [0.4, 0.5) is 16.2 Å². The molecule has 28 heavy (non-hydrogen) atoms. The molecule has 2 amide bonds. The van der Waals surface area contributed by atoms with Crippen molar-refractivity contribution in [2.45, 2.75) is 17.7 Å². The van der Waals surface area contributed by atoms with Crippen LogP contribution in [0.5, 0.6) is 0 Å². The maximum absolute atomic E-state index is 12.6. The van der Waals surface area contributed by atoms with E-state index in [1.165, 1.54) is 43.5 Å². The van der Waals surface area contributed by atoms with Gasteiger partial charge < -0.3 is 15.0 Å². The number of carbonyl (C=O) groups is 2. The number of hydrogen-bond acceptors (Lipinski definition) is 5. The summed E-state index contributed by atoms with van der Waals surface area (Å²) in [5, 5.41) is 2.75. The van der Waals surface area contributed by atoms with Crippen LogP contribution in [0.25, 0.3) is 0 Å². The van der Waals surface area contributed by atoms with E-state index in [1.54, 1.807) is 17.0 Å². The lowest BCUT2D eigenvalue weighted by atomic mass is 10.2. The lowest BCUT2D eigenvalue weighted by Crippen LogP contribution is -2.32.